The second kappa shape index (κ2) is 6.75. The summed E-state index contributed by atoms with van der Waals surface area (Å²) in [5.74, 6) is 0. The molecule has 2 aromatic rings. The van der Waals surface area contributed by atoms with Crippen LogP contribution in [-0.4, -0.2) is 49.5 Å². The summed E-state index contributed by atoms with van der Waals surface area (Å²) in [6.07, 6.45) is 1.80. The molecule has 0 aliphatic carbocycles. The van der Waals surface area contributed by atoms with Gasteiger partial charge >= 0.3 is 99.1 Å². The van der Waals surface area contributed by atoms with Crippen LogP contribution in [0.1, 0.15) is 5.69 Å². The molecule has 0 aliphatic rings. The Labute approximate surface area is 115 Å². The van der Waals surface area contributed by atoms with Crippen LogP contribution in [0.5, 0.6) is 0 Å². The van der Waals surface area contributed by atoms with Crippen LogP contribution < -0.4 is 2.13 Å². The number of aryl methyl sites for hydroxylation is 1. The van der Waals surface area contributed by atoms with Crippen molar-refractivity contribution in [3.63, 3.8) is 0 Å². The van der Waals surface area contributed by atoms with E-state index >= 15 is 0 Å². The average Bonchev–Trinajstić information content (AvgIpc) is 2.62. The standard InChI is InChI=1S/C9H7N2S.CH2O2.Na/c1-7-6-12-9(11-7)8-4-2-3-5-10-8;2-1-3;/h2-5H,1H3;1H,(H,2,3);. The number of thiazole rings is 1. The Morgan fingerprint density at radius 1 is 1.50 bits per heavy atom. The molecule has 1 N–H and O–H groups in total. The fraction of sp³-hybridized carbons (Fsp3) is 0.100. The predicted molar refractivity (Wildman–Crippen MR) is 64.2 cm³/mol. The number of hydrogen-bond acceptors (Lipinski definition) is 4. The third-order valence-electron chi connectivity index (χ3n) is 1.91. The van der Waals surface area contributed by atoms with E-state index in [4.69, 9.17) is 9.90 Å². The average molecular weight is 244 g/mol. The second-order valence-corrected chi connectivity index (χ2v) is 5.91. The SMILES string of the molecule is Cc1nc(-c2ccccn2)s[c]1[Na].O=CO. The van der Waals surface area contributed by atoms with E-state index in [0.717, 1.165) is 44.3 Å². The molecule has 2 rings (SSSR count). The molecule has 0 saturated carbocycles. The van der Waals surface area contributed by atoms with Crippen LogP contribution in [0.25, 0.3) is 10.7 Å². The molecule has 78 valence electrons. The maximum absolute atomic E-state index is 8.36. The van der Waals surface area contributed by atoms with Gasteiger partial charge in [-0.25, -0.2) is 0 Å². The number of nitrogens with zero attached hydrogens (tertiary/aromatic N) is 2. The summed E-state index contributed by atoms with van der Waals surface area (Å²) < 4.78 is 1.40. The first-order valence-electron chi connectivity index (χ1n) is 4.62. The van der Waals surface area contributed by atoms with Gasteiger partial charge in [-0.1, -0.05) is 0 Å². The van der Waals surface area contributed by atoms with Crippen LogP contribution in [0.2, 0.25) is 0 Å². The van der Waals surface area contributed by atoms with Crippen molar-refractivity contribution < 1.29 is 9.90 Å². The molecule has 0 radical (unpaired) electrons. The van der Waals surface area contributed by atoms with Gasteiger partial charge < -0.3 is 5.11 Å². The van der Waals surface area contributed by atoms with Gasteiger partial charge in [0.2, 0.25) is 0 Å². The topological polar surface area (TPSA) is 63.1 Å². The zero-order valence-corrected chi connectivity index (χ0v) is 11.9. The van der Waals surface area contributed by atoms with E-state index < -0.39 is 0 Å². The molecule has 0 atom stereocenters. The Bertz CT molecular complexity index is 440. The number of hydrogen-bond donors (Lipinski definition) is 1. The summed E-state index contributed by atoms with van der Waals surface area (Å²) in [6.45, 7) is 1.81. The van der Waals surface area contributed by atoms with Crippen molar-refractivity contribution in [1.82, 2.24) is 9.97 Å². The van der Waals surface area contributed by atoms with Crippen molar-refractivity contribution in [2.75, 3.05) is 0 Å². The van der Waals surface area contributed by atoms with Crippen molar-refractivity contribution in [3.05, 3.63) is 30.1 Å². The third-order valence-corrected chi connectivity index (χ3v) is 4.34. The maximum Gasteiger partial charge on any atom is 0.290 e. The van der Waals surface area contributed by atoms with Crippen molar-refractivity contribution in [1.29, 1.82) is 0 Å². The quantitative estimate of drug-likeness (QED) is 0.600. The van der Waals surface area contributed by atoms with Crippen LogP contribution in [0.4, 0.5) is 0 Å². The van der Waals surface area contributed by atoms with Gasteiger partial charge in [-0.3, -0.25) is 4.79 Å². The molecule has 2 heterocycles. The molecule has 0 unspecified atom stereocenters. The molecule has 16 heavy (non-hydrogen) atoms. The van der Waals surface area contributed by atoms with E-state index in [1.54, 1.807) is 17.5 Å². The maximum atomic E-state index is 8.36. The minimum Gasteiger partial charge on any atom is -0.483 e. The predicted octanol–water partition coefficient (Wildman–Crippen LogP) is 1.01. The summed E-state index contributed by atoms with van der Waals surface area (Å²) >= 11 is 2.83. The van der Waals surface area contributed by atoms with Gasteiger partial charge in [0, 0.05) is 0 Å². The monoisotopic (exact) mass is 244 g/mol. The Morgan fingerprint density at radius 3 is 2.62 bits per heavy atom. The molecule has 0 amide bonds. The molecule has 2 aromatic heterocycles. The van der Waals surface area contributed by atoms with Gasteiger partial charge in [-0.05, 0) is 0 Å². The first-order valence-corrected chi connectivity index (χ1v) is 6.44. The van der Waals surface area contributed by atoms with Crippen LogP contribution >= 0.6 is 11.3 Å². The van der Waals surface area contributed by atoms with Gasteiger partial charge in [0.25, 0.3) is 6.47 Å². The molecular weight excluding hydrogens is 235 g/mol. The Balaban J connectivity index is 0.000000386. The zero-order valence-electron chi connectivity index (χ0n) is 9.04. The molecular formula is C10H9N2NaO2S. The molecule has 0 saturated heterocycles. The second-order valence-electron chi connectivity index (χ2n) is 2.98. The van der Waals surface area contributed by atoms with E-state index in [1.165, 1.54) is 2.13 Å². The number of carboxylic acid groups (broad SMARTS) is 1. The summed E-state index contributed by atoms with van der Waals surface area (Å²) in [5.41, 5.74) is 2.15. The minimum atomic E-state index is -0.250. The number of pyridine rings is 1. The normalized spacial score (nSPS) is 9.19. The molecule has 0 bridgehead atoms. The summed E-state index contributed by atoms with van der Waals surface area (Å²) in [4.78, 5) is 17.1. The summed E-state index contributed by atoms with van der Waals surface area (Å²) in [7, 11) is 0. The molecule has 0 aliphatic heterocycles. The van der Waals surface area contributed by atoms with Gasteiger partial charge in [0.1, 0.15) is 0 Å². The molecule has 0 aromatic carbocycles. The molecule has 4 nitrogen and oxygen atoms in total. The van der Waals surface area contributed by atoms with Gasteiger partial charge in [0.15, 0.2) is 0 Å². The van der Waals surface area contributed by atoms with Crippen LogP contribution in [-0.2, 0) is 4.79 Å². The van der Waals surface area contributed by atoms with Crippen molar-refractivity contribution >= 4 is 47.9 Å². The van der Waals surface area contributed by atoms with E-state index in [-0.39, 0.29) is 6.47 Å². The Kier molecular flexibility index (Phi) is 5.62. The van der Waals surface area contributed by atoms with Crippen LogP contribution in [0, 0.1) is 6.92 Å². The fourth-order valence-electron chi connectivity index (χ4n) is 1.07. The molecule has 6 heteroatoms. The fourth-order valence-corrected chi connectivity index (χ4v) is 2.65. The largest absolute Gasteiger partial charge is 0.483 e. The van der Waals surface area contributed by atoms with E-state index in [0.29, 0.717) is 0 Å². The van der Waals surface area contributed by atoms with Crippen molar-refractivity contribution in [2.45, 2.75) is 6.92 Å². The summed E-state index contributed by atoms with van der Waals surface area (Å²) in [5, 5.41) is 7.93. The van der Waals surface area contributed by atoms with Gasteiger partial charge in [-0.2, -0.15) is 0 Å². The van der Waals surface area contributed by atoms with Crippen molar-refractivity contribution in [3.8, 4) is 10.7 Å². The Morgan fingerprint density at radius 2 is 2.19 bits per heavy atom. The van der Waals surface area contributed by atoms with Crippen LogP contribution in [0.3, 0.4) is 0 Å². The van der Waals surface area contributed by atoms with Crippen molar-refractivity contribution in [2.24, 2.45) is 0 Å². The van der Waals surface area contributed by atoms with E-state index in [1.807, 2.05) is 18.2 Å². The molecule has 0 fully saturated rings. The minimum absolute atomic E-state index is 0.250. The van der Waals surface area contributed by atoms with E-state index in [9.17, 15) is 0 Å². The van der Waals surface area contributed by atoms with E-state index in [2.05, 4.69) is 16.9 Å². The van der Waals surface area contributed by atoms with Crippen LogP contribution in [0.15, 0.2) is 24.4 Å². The first kappa shape index (κ1) is 13.3. The smallest absolute Gasteiger partial charge is 0.290 e. The molecule has 0 spiro atoms. The Hall–Kier alpha value is -0.750. The third kappa shape index (κ3) is 3.68. The number of aromatic nitrogens is 2. The number of rotatable bonds is 1. The van der Waals surface area contributed by atoms with Gasteiger partial charge in [-0.15, -0.1) is 0 Å². The summed E-state index contributed by atoms with van der Waals surface area (Å²) in [6, 6.07) is 5.91. The number of carbonyl (C=O) groups is 1. The first-order chi connectivity index (χ1) is 7.69. The van der Waals surface area contributed by atoms with Gasteiger partial charge in [0.05, 0.1) is 0 Å². The zero-order chi connectivity index (χ0) is 12.0.